The van der Waals surface area contributed by atoms with Crippen molar-refractivity contribution in [3.63, 3.8) is 0 Å². The maximum absolute atomic E-state index is 13.8. The molecule has 5 radical (unpaired) electrons. The molecule has 7 aromatic carbocycles. The maximum Gasteiger partial charge on any atom is 0.354 e. The number of hydrogen-bond acceptors (Lipinski definition) is 13. The average molecular weight is 2330 g/mol. The number of para-hydroxylation sites is 1. The molecule has 8 heterocycles. The van der Waals surface area contributed by atoms with Crippen LogP contribution in [-0.2, 0) is 121 Å². The summed E-state index contributed by atoms with van der Waals surface area (Å²) in [6.45, 7) is 4.73. The summed E-state index contributed by atoms with van der Waals surface area (Å²) in [7, 11) is 5.77. The van der Waals surface area contributed by atoms with Crippen LogP contribution in [-0.4, -0.2) is 132 Å². The summed E-state index contributed by atoms with van der Waals surface area (Å²) in [4.78, 5) is 66.9. The Balaban J connectivity index is 0.000000320. The van der Waals surface area contributed by atoms with E-state index in [1.54, 1.807) is 83.6 Å². The molecule has 2 aliphatic heterocycles. The van der Waals surface area contributed by atoms with Crippen molar-refractivity contribution in [1.29, 1.82) is 0 Å². The Hall–Kier alpha value is -10.1. The number of amidine groups is 2. The van der Waals surface area contributed by atoms with E-state index >= 15 is 0 Å². The number of aliphatic imine (C=N–C) groups is 2. The van der Waals surface area contributed by atoms with Crippen molar-refractivity contribution >= 4 is 29.6 Å². The molecule has 0 aliphatic carbocycles. The van der Waals surface area contributed by atoms with E-state index in [0.29, 0.717) is 11.6 Å². The molecule has 0 saturated heterocycles. The molecule has 3 N–H and O–H groups in total. The van der Waals surface area contributed by atoms with Gasteiger partial charge in [-0.2, -0.15) is 0 Å². The number of nitrogens with zero attached hydrogens (tertiary/aromatic N) is 13. The molecule has 19 nitrogen and oxygen atoms in total. The smallest absolute Gasteiger partial charge is 0.354 e. The fourth-order valence-corrected chi connectivity index (χ4v) is 9.33. The van der Waals surface area contributed by atoms with E-state index in [-0.39, 0.29) is 129 Å². The Morgan fingerprint density at radius 1 is 0.411 bits per heavy atom. The van der Waals surface area contributed by atoms with Gasteiger partial charge in [-0.25, -0.2) is 29.3 Å². The van der Waals surface area contributed by atoms with Crippen molar-refractivity contribution in [2.75, 3.05) is 33.2 Å². The van der Waals surface area contributed by atoms with E-state index in [1.165, 1.54) is 42.4 Å². The number of likely N-dealkylation sites (N-methyl/N-ethyl adjacent to an activating group) is 1. The molecular weight excluding hydrogens is 2260 g/mol. The van der Waals surface area contributed by atoms with Gasteiger partial charge in [0, 0.05) is 244 Å². The quantitative estimate of drug-likeness (QED) is 0.0807. The summed E-state index contributed by atoms with van der Waals surface area (Å²) in [5, 5.41) is 25.0. The van der Waals surface area contributed by atoms with E-state index in [1.807, 2.05) is 121 Å². The number of aromatic nitrogens is 9. The second kappa shape index (κ2) is 48.9. The van der Waals surface area contributed by atoms with E-state index in [0.717, 1.165) is 96.9 Å². The first-order chi connectivity index (χ1) is 49.5. The van der Waals surface area contributed by atoms with Gasteiger partial charge >= 0.3 is 17.9 Å². The maximum atomic E-state index is 13.8. The fraction of sp³-hybridized carbons (Fsp3) is 0.101. The third-order valence-electron chi connectivity index (χ3n) is 14.2. The normalized spacial score (nSPS) is 10.9. The van der Waals surface area contributed by atoms with Gasteiger partial charge in [0.1, 0.15) is 17.1 Å². The molecule has 0 unspecified atom stereocenters. The summed E-state index contributed by atoms with van der Waals surface area (Å²) >= 11 is 0. The number of aryl methyl sites for hydroxylation is 2. The number of carboxylic acids is 3. The standard InChI is InChI=1S/C16H15N2.C15H9F2N2.C10H7F2N2.C10H11N2.C10H9N2.3C6H5NO2.5Ir/c1-3-7-14(8-4-1)13-18-12-11-17-16(18)15-9-5-2-6-10-15;16-11-6-7-13(14(17)10-11)15-18-8-9-19(15)12-4-2-1-3-5-12;1-14-5-4-13-10(14)8-3-2-7(11)6-9(8)12;2*1-12-8-7-11-10(12)9-5-3-2-4-6-9;3*8-6(9)5-3-1-2-4-7-5;;;;;/h1-9H,11-13H2;1-6,8-10H;2,4-6H,1H3;2-5H,7-8H2,1H3;2-5,7-8H,1H3;3*1-4H,(H,8,9);;;;;/q5*-1;;;;;;;;. The minimum absolute atomic E-state index is 0. The van der Waals surface area contributed by atoms with Crippen LogP contribution in [0.4, 0.5) is 17.6 Å². The molecule has 0 amide bonds. The van der Waals surface area contributed by atoms with E-state index < -0.39 is 41.2 Å². The summed E-state index contributed by atoms with van der Waals surface area (Å²) < 4.78 is 57.9. The minimum Gasteiger partial charge on any atom is -0.477 e. The third-order valence-corrected chi connectivity index (χ3v) is 14.2. The largest absolute Gasteiger partial charge is 0.477 e. The SMILES string of the molecule is CN1CCN=C1c1[c-]cccc1.Cn1ccnc1-c1[c-]cc(F)cc1F.Cn1ccnc1-c1[c-]cccc1.Fc1c[c-]c(-c2nccn2-c2ccccc2)c(F)c1.O=C(O)c1ccccn1.O=C(O)c1ccccn1.O=C(O)c1ccccn1.[Ir].[Ir].[Ir].[Ir].[Ir].[c-]1ccccc1C1=NCCN1Cc1ccccc1. The molecule has 0 saturated carbocycles. The van der Waals surface area contributed by atoms with Gasteiger partial charge < -0.3 is 48.8 Å². The third kappa shape index (κ3) is 29.3. The predicted molar refractivity (Wildman–Crippen MR) is 379 cm³/mol. The Labute approximate surface area is 684 Å². The van der Waals surface area contributed by atoms with Crippen molar-refractivity contribution < 1.29 is 148 Å². The Kier molecular flexibility index (Phi) is 41.7. The predicted octanol–water partition coefficient (Wildman–Crippen LogP) is 13.9. The van der Waals surface area contributed by atoms with Crippen molar-refractivity contribution in [2.45, 2.75) is 6.54 Å². The zero-order valence-electron chi connectivity index (χ0n) is 57.0. The monoisotopic (exact) mass is 2330 g/mol. The van der Waals surface area contributed by atoms with Crippen LogP contribution in [0.1, 0.15) is 48.2 Å². The summed E-state index contributed by atoms with van der Waals surface area (Å²) in [5.74, 6) is -1.68. The molecule has 0 atom stereocenters. The van der Waals surface area contributed by atoms with Crippen LogP contribution in [0.5, 0.6) is 0 Å². The van der Waals surface area contributed by atoms with E-state index in [9.17, 15) is 31.9 Å². The van der Waals surface area contributed by atoms with Gasteiger partial charge in [0.15, 0.2) is 0 Å². The van der Waals surface area contributed by atoms with Crippen molar-refractivity contribution in [2.24, 2.45) is 24.1 Å². The van der Waals surface area contributed by atoms with Crippen LogP contribution in [0.2, 0.25) is 0 Å². The fourth-order valence-electron chi connectivity index (χ4n) is 9.33. The molecule has 561 valence electrons. The molecule has 2 aliphatic rings. The summed E-state index contributed by atoms with van der Waals surface area (Å²) in [5.41, 5.74) is 5.96. The number of pyridine rings is 3. The molecule has 28 heteroatoms. The van der Waals surface area contributed by atoms with Crippen molar-refractivity contribution in [1.82, 2.24) is 53.4 Å². The Morgan fingerprint density at radius 3 is 1.20 bits per heavy atom. The zero-order valence-corrected chi connectivity index (χ0v) is 69.0. The average Bonchev–Trinajstić information content (AvgIpc) is 1.71. The Morgan fingerprint density at radius 2 is 0.804 bits per heavy atom. The number of imidazole rings is 3. The molecular formula is C79H66F4Ir5N13O6-5. The number of aromatic carboxylic acids is 3. The van der Waals surface area contributed by atoms with Gasteiger partial charge in [-0.15, -0.1) is 132 Å². The van der Waals surface area contributed by atoms with Crippen LogP contribution in [0.3, 0.4) is 0 Å². The van der Waals surface area contributed by atoms with Crippen LogP contribution in [0, 0.1) is 53.6 Å². The second-order valence-electron chi connectivity index (χ2n) is 21.4. The number of rotatable bonds is 11. The summed E-state index contributed by atoms with van der Waals surface area (Å²) in [6.07, 6.45) is 14.6. The molecule has 6 aromatic heterocycles. The van der Waals surface area contributed by atoms with Crippen molar-refractivity contribution in [3.8, 4) is 39.9 Å². The van der Waals surface area contributed by atoms with Gasteiger partial charge in [-0.05, 0) is 61.1 Å². The number of hydrogen-bond donors (Lipinski definition) is 3. The first kappa shape index (κ1) is 91.1. The van der Waals surface area contributed by atoms with Crippen LogP contribution >= 0.6 is 0 Å². The van der Waals surface area contributed by atoms with Gasteiger partial charge in [0.05, 0.1) is 17.5 Å². The Bertz CT molecular complexity index is 4670. The molecule has 0 bridgehead atoms. The number of carbonyl (C=O) groups is 3. The van der Waals surface area contributed by atoms with Crippen LogP contribution in [0.25, 0.3) is 39.9 Å². The van der Waals surface area contributed by atoms with Crippen LogP contribution in [0.15, 0.2) is 278 Å². The number of carboxylic acid groups (broad SMARTS) is 3. The number of benzene rings is 7. The van der Waals surface area contributed by atoms with E-state index in [4.69, 9.17) is 15.3 Å². The first-order valence-electron chi connectivity index (χ1n) is 31.2. The molecule has 0 fully saturated rings. The first-order valence-corrected chi connectivity index (χ1v) is 31.2. The second-order valence-corrected chi connectivity index (χ2v) is 21.4. The minimum atomic E-state index is -0.990. The molecule has 107 heavy (non-hydrogen) atoms. The van der Waals surface area contributed by atoms with Gasteiger partial charge in [-0.1, -0.05) is 90.0 Å². The number of halogens is 4. The van der Waals surface area contributed by atoms with Gasteiger partial charge in [0.25, 0.3) is 0 Å². The van der Waals surface area contributed by atoms with Crippen molar-refractivity contribution in [3.05, 3.63) is 355 Å². The molecule has 13 aromatic rings. The summed E-state index contributed by atoms with van der Waals surface area (Å²) in [6, 6.07) is 76.5. The van der Waals surface area contributed by atoms with E-state index in [2.05, 4.69) is 117 Å². The molecule has 0 spiro atoms. The zero-order chi connectivity index (χ0) is 72.4. The van der Waals surface area contributed by atoms with Gasteiger partial charge in [-0.3, -0.25) is 32.5 Å². The molecule has 15 rings (SSSR count). The van der Waals surface area contributed by atoms with Gasteiger partial charge in [0.2, 0.25) is 0 Å². The van der Waals surface area contributed by atoms with Crippen LogP contribution < -0.4 is 0 Å². The topological polar surface area (TPSA) is 235 Å².